The van der Waals surface area contributed by atoms with Gasteiger partial charge in [-0.15, -0.1) is 6.58 Å². The molecular formula is C13H16ClN. The van der Waals surface area contributed by atoms with Crippen LogP contribution in [0.15, 0.2) is 30.9 Å². The van der Waals surface area contributed by atoms with Gasteiger partial charge >= 0.3 is 0 Å². The molecule has 1 nitrogen and oxygen atoms in total. The van der Waals surface area contributed by atoms with Crippen molar-refractivity contribution in [2.45, 2.75) is 25.3 Å². The Bertz CT molecular complexity index is 386. The highest BCUT2D eigenvalue weighted by Gasteiger charge is 2.30. The average molecular weight is 222 g/mol. The number of fused-ring (bicyclic) bond motifs is 1. The summed E-state index contributed by atoms with van der Waals surface area (Å²) < 4.78 is 0. The highest BCUT2D eigenvalue weighted by Crippen LogP contribution is 2.33. The van der Waals surface area contributed by atoms with Crippen molar-refractivity contribution < 1.29 is 0 Å². The molecule has 0 saturated heterocycles. The zero-order valence-corrected chi connectivity index (χ0v) is 9.77. The Morgan fingerprint density at radius 1 is 1.60 bits per heavy atom. The summed E-state index contributed by atoms with van der Waals surface area (Å²) in [5.74, 6) is 0. The summed E-state index contributed by atoms with van der Waals surface area (Å²) in [7, 11) is 0. The maximum absolute atomic E-state index is 6.05. The first kappa shape index (κ1) is 10.7. The Hall–Kier alpha value is -0.790. The maximum atomic E-state index is 6.05. The molecule has 1 aliphatic rings. The zero-order chi connectivity index (χ0) is 10.9. The topological polar surface area (TPSA) is 12.0 Å². The van der Waals surface area contributed by atoms with Crippen molar-refractivity contribution >= 4 is 11.6 Å². The molecule has 1 aromatic carbocycles. The predicted molar refractivity (Wildman–Crippen MR) is 65.3 cm³/mol. The molecule has 1 N–H and O–H groups in total. The van der Waals surface area contributed by atoms with Crippen molar-refractivity contribution in [1.82, 2.24) is 5.32 Å². The molecule has 0 saturated carbocycles. The summed E-state index contributed by atoms with van der Waals surface area (Å²) in [6.45, 7) is 7.06. The molecule has 15 heavy (non-hydrogen) atoms. The Kier molecular flexibility index (Phi) is 2.85. The Balaban J connectivity index is 2.48. The second kappa shape index (κ2) is 3.99. The first-order valence-corrected chi connectivity index (χ1v) is 5.68. The highest BCUT2D eigenvalue weighted by molar-refractivity contribution is 6.30. The van der Waals surface area contributed by atoms with E-state index < -0.39 is 0 Å². The number of nitrogens with one attached hydrogen (secondary N) is 1. The van der Waals surface area contributed by atoms with E-state index in [2.05, 4.69) is 31.0 Å². The zero-order valence-electron chi connectivity index (χ0n) is 9.02. The summed E-state index contributed by atoms with van der Waals surface area (Å²) in [5.41, 5.74) is 2.73. The summed E-state index contributed by atoms with van der Waals surface area (Å²) in [5, 5.41) is 4.36. The van der Waals surface area contributed by atoms with Gasteiger partial charge < -0.3 is 5.32 Å². The van der Waals surface area contributed by atoms with Gasteiger partial charge in [-0.2, -0.15) is 0 Å². The van der Waals surface area contributed by atoms with E-state index in [4.69, 9.17) is 11.6 Å². The predicted octanol–water partition coefficient (Wildman–Crippen LogP) is 3.28. The lowest BCUT2D eigenvalue weighted by Gasteiger charge is -2.36. The van der Waals surface area contributed by atoms with E-state index in [0.717, 1.165) is 24.4 Å². The highest BCUT2D eigenvalue weighted by atomic mass is 35.5. The van der Waals surface area contributed by atoms with Gasteiger partial charge in [0.2, 0.25) is 0 Å². The van der Waals surface area contributed by atoms with Crippen LogP contribution in [0.1, 0.15) is 24.5 Å². The molecule has 1 unspecified atom stereocenters. The molecule has 0 amide bonds. The second-order valence-corrected chi connectivity index (χ2v) is 4.74. The molecule has 0 spiro atoms. The lowest BCUT2D eigenvalue weighted by Crippen LogP contribution is -2.44. The minimum atomic E-state index is 0.000231. The van der Waals surface area contributed by atoms with Gasteiger partial charge in [-0.25, -0.2) is 0 Å². The van der Waals surface area contributed by atoms with Gasteiger partial charge in [0.1, 0.15) is 0 Å². The van der Waals surface area contributed by atoms with Crippen LogP contribution in [-0.2, 0) is 12.0 Å². The van der Waals surface area contributed by atoms with E-state index in [9.17, 15) is 0 Å². The van der Waals surface area contributed by atoms with Crippen molar-refractivity contribution in [1.29, 1.82) is 0 Å². The van der Waals surface area contributed by atoms with Crippen LogP contribution < -0.4 is 5.32 Å². The van der Waals surface area contributed by atoms with Gasteiger partial charge in [0.15, 0.2) is 0 Å². The standard InChI is InChI=1S/C13H16ClN/c1-3-7-13(2)12-9-11(14)5-4-10(12)6-8-15-13/h3-5,9,15H,1,6-8H2,2H3. The van der Waals surface area contributed by atoms with E-state index in [1.54, 1.807) is 0 Å². The smallest absolute Gasteiger partial charge is 0.0444 e. The van der Waals surface area contributed by atoms with Gasteiger partial charge in [0, 0.05) is 17.1 Å². The fourth-order valence-corrected chi connectivity index (χ4v) is 2.49. The van der Waals surface area contributed by atoms with E-state index in [1.165, 1.54) is 11.1 Å². The molecule has 0 aromatic heterocycles. The van der Waals surface area contributed by atoms with Crippen LogP contribution in [0.25, 0.3) is 0 Å². The number of hydrogen-bond acceptors (Lipinski definition) is 1. The van der Waals surface area contributed by atoms with Crippen LogP contribution in [0.5, 0.6) is 0 Å². The van der Waals surface area contributed by atoms with Crippen LogP contribution >= 0.6 is 11.6 Å². The molecule has 0 radical (unpaired) electrons. The average Bonchev–Trinajstić information content (AvgIpc) is 2.20. The SMILES string of the molecule is C=CCC1(C)NCCc2ccc(Cl)cc21. The lowest BCUT2D eigenvalue weighted by molar-refractivity contribution is 0.351. The second-order valence-electron chi connectivity index (χ2n) is 4.30. The summed E-state index contributed by atoms with van der Waals surface area (Å²) >= 11 is 6.05. The van der Waals surface area contributed by atoms with Crippen molar-refractivity contribution in [3.05, 3.63) is 47.0 Å². The fraction of sp³-hybridized carbons (Fsp3) is 0.385. The number of rotatable bonds is 2. The van der Waals surface area contributed by atoms with Gasteiger partial charge in [0.05, 0.1) is 0 Å². The minimum Gasteiger partial charge on any atom is -0.307 e. The molecule has 1 atom stereocenters. The first-order chi connectivity index (χ1) is 7.15. The van der Waals surface area contributed by atoms with Gasteiger partial charge in [-0.05, 0) is 43.0 Å². The number of benzene rings is 1. The molecule has 1 heterocycles. The maximum Gasteiger partial charge on any atom is 0.0444 e. The third-order valence-corrected chi connectivity index (χ3v) is 3.36. The van der Waals surface area contributed by atoms with Crippen LogP contribution in [0.3, 0.4) is 0 Å². The van der Waals surface area contributed by atoms with E-state index in [-0.39, 0.29) is 5.54 Å². The first-order valence-electron chi connectivity index (χ1n) is 5.30. The third kappa shape index (κ3) is 1.95. The van der Waals surface area contributed by atoms with Gasteiger partial charge in [-0.3, -0.25) is 0 Å². The number of halogens is 1. The summed E-state index contributed by atoms with van der Waals surface area (Å²) in [4.78, 5) is 0. The lowest BCUT2D eigenvalue weighted by atomic mass is 9.81. The minimum absolute atomic E-state index is 0.000231. The Labute approximate surface area is 96.1 Å². The number of hydrogen-bond donors (Lipinski definition) is 1. The molecule has 0 aliphatic carbocycles. The summed E-state index contributed by atoms with van der Waals surface area (Å²) in [6.07, 6.45) is 3.97. The molecule has 1 aliphatic heterocycles. The Morgan fingerprint density at radius 3 is 3.13 bits per heavy atom. The quantitative estimate of drug-likeness (QED) is 0.756. The van der Waals surface area contributed by atoms with Crippen molar-refractivity contribution in [3.63, 3.8) is 0 Å². The fourth-order valence-electron chi connectivity index (χ4n) is 2.32. The largest absolute Gasteiger partial charge is 0.307 e. The molecular weight excluding hydrogens is 206 g/mol. The van der Waals surface area contributed by atoms with Crippen molar-refractivity contribution in [2.75, 3.05) is 6.54 Å². The molecule has 0 fully saturated rings. The van der Waals surface area contributed by atoms with Crippen LogP contribution in [0.4, 0.5) is 0 Å². The van der Waals surface area contributed by atoms with Crippen molar-refractivity contribution in [2.24, 2.45) is 0 Å². The molecule has 0 bridgehead atoms. The van der Waals surface area contributed by atoms with E-state index in [0.29, 0.717) is 0 Å². The third-order valence-electron chi connectivity index (χ3n) is 3.13. The normalized spacial score (nSPS) is 24.7. The molecule has 1 aromatic rings. The molecule has 80 valence electrons. The van der Waals surface area contributed by atoms with E-state index >= 15 is 0 Å². The van der Waals surface area contributed by atoms with Gasteiger partial charge in [0.25, 0.3) is 0 Å². The van der Waals surface area contributed by atoms with E-state index in [1.807, 2.05) is 12.1 Å². The monoisotopic (exact) mass is 221 g/mol. The van der Waals surface area contributed by atoms with Crippen LogP contribution in [-0.4, -0.2) is 6.54 Å². The summed E-state index contributed by atoms with van der Waals surface area (Å²) in [6, 6.07) is 6.19. The van der Waals surface area contributed by atoms with Crippen LogP contribution in [0.2, 0.25) is 5.02 Å². The van der Waals surface area contributed by atoms with Gasteiger partial charge in [-0.1, -0.05) is 23.7 Å². The molecule has 2 rings (SSSR count). The molecule has 2 heteroatoms. The van der Waals surface area contributed by atoms with Crippen LogP contribution in [0, 0.1) is 0 Å². The van der Waals surface area contributed by atoms with Crippen molar-refractivity contribution in [3.8, 4) is 0 Å². The Morgan fingerprint density at radius 2 is 2.40 bits per heavy atom.